The minimum absolute atomic E-state index is 0.0310. The zero-order chi connectivity index (χ0) is 17.3. The monoisotopic (exact) mass is 354 g/mol. The van der Waals surface area contributed by atoms with Gasteiger partial charge in [0.1, 0.15) is 19.4 Å². The zero-order valence-electron chi connectivity index (χ0n) is 12.8. The molecule has 0 radical (unpaired) electrons. The normalized spacial score (nSPS) is 16.7. The van der Waals surface area contributed by atoms with Gasteiger partial charge in [0.15, 0.2) is 0 Å². The smallest absolute Gasteiger partial charge is 0.300 e. The summed E-state index contributed by atoms with van der Waals surface area (Å²) in [6, 6.07) is 7.30. The zero-order valence-corrected chi connectivity index (χ0v) is 13.6. The first-order valence-corrected chi connectivity index (χ1v) is 8.59. The molecule has 0 spiro atoms. The Morgan fingerprint density at radius 1 is 1.38 bits per heavy atom. The average Bonchev–Trinajstić information content (AvgIpc) is 2.95. The van der Waals surface area contributed by atoms with Gasteiger partial charge in [-0.1, -0.05) is 17.7 Å². The van der Waals surface area contributed by atoms with Crippen molar-refractivity contribution in [2.75, 3.05) is 6.61 Å². The molecule has 9 heteroatoms. The number of ether oxygens (including phenoxy) is 1. The highest BCUT2D eigenvalue weighted by Crippen LogP contribution is 2.22. The lowest BCUT2D eigenvalue weighted by molar-refractivity contribution is 0.147. The first-order chi connectivity index (χ1) is 11.4. The molecule has 1 aromatic carbocycles. The quantitative estimate of drug-likeness (QED) is 0.750. The number of nitrogens with zero attached hydrogens (tertiary/aromatic N) is 2. The van der Waals surface area contributed by atoms with Crippen LogP contribution in [-0.4, -0.2) is 30.7 Å². The van der Waals surface area contributed by atoms with Crippen LogP contribution in [0, 0.1) is 6.92 Å². The summed E-state index contributed by atoms with van der Waals surface area (Å²) in [5, 5.41) is 0. The Kier molecular flexibility index (Phi) is 4.37. The van der Waals surface area contributed by atoms with Gasteiger partial charge in [0.2, 0.25) is 0 Å². The van der Waals surface area contributed by atoms with Gasteiger partial charge in [0.05, 0.1) is 17.1 Å². The number of hydrogen-bond donors (Lipinski definition) is 0. The maximum absolute atomic E-state index is 12.9. The molecule has 1 aliphatic rings. The Morgan fingerprint density at radius 2 is 2.08 bits per heavy atom. The van der Waals surface area contributed by atoms with E-state index in [1.807, 2.05) is 6.92 Å². The summed E-state index contributed by atoms with van der Waals surface area (Å²) in [4.78, 5) is 15.0. The molecule has 0 aliphatic carbocycles. The SMILES string of the molecule is Cc1ccc(S(=O)(=O)OCC2Cn3c(CF)cc(=O)nc3O2)cc1. The lowest BCUT2D eigenvalue weighted by atomic mass is 10.2. The summed E-state index contributed by atoms with van der Waals surface area (Å²) < 4.78 is 49.0. The fraction of sp³-hybridized carbons (Fsp3) is 0.333. The van der Waals surface area contributed by atoms with Crippen LogP contribution < -0.4 is 10.3 Å². The maximum Gasteiger partial charge on any atom is 0.300 e. The molecule has 0 amide bonds. The second kappa shape index (κ2) is 6.33. The highest BCUT2D eigenvalue weighted by atomic mass is 32.2. The summed E-state index contributed by atoms with van der Waals surface area (Å²) in [6.07, 6.45) is -0.676. The topological polar surface area (TPSA) is 87.5 Å². The molecule has 0 bridgehead atoms. The Morgan fingerprint density at radius 3 is 2.75 bits per heavy atom. The fourth-order valence-electron chi connectivity index (χ4n) is 2.34. The van der Waals surface area contributed by atoms with Gasteiger partial charge >= 0.3 is 6.01 Å². The summed E-state index contributed by atoms with van der Waals surface area (Å²) in [5.74, 6) is 0. The molecule has 0 N–H and O–H groups in total. The average molecular weight is 354 g/mol. The standard InChI is InChI=1S/C15H15FN2O5S/c1-10-2-4-13(5-3-10)24(20,21)22-9-12-8-18-11(7-16)6-14(19)17-15(18)23-12/h2-6,12H,7-9H2,1H3. The van der Waals surface area contributed by atoms with Crippen LogP contribution in [0.2, 0.25) is 0 Å². The van der Waals surface area contributed by atoms with E-state index in [9.17, 15) is 17.6 Å². The van der Waals surface area contributed by atoms with Gasteiger partial charge in [0.25, 0.3) is 15.7 Å². The van der Waals surface area contributed by atoms with Crippen molar-refractivity contribution in [1.29, 1.82) is 0 Å². The van der Waals surface area contributed by atoms with Gasteiger partial charge in [-0.05, 0) is 19.1 Å². The molecule has 24 heavy (non-hydrogen) atoms. The van der Waals surface area contributed by atoms with Crippen LogP contribution >= 0.6 is 0 Å². The molecule has 128 valence electrons. The van der Waals surface area contributed by atoms with Crippen LogP contribution in [0.1, 0.15) is 11.3 Å². The first kappa shape index (κ1) is 16.6. The van der Waals surface area contributed by atoms with Crippen molar-refractivity contribution in [1.82, 2.24) is 9.55 Å². The van der Waals surface area contributed by atoms with Crippen molar-refractivity contribution in [2.24, 2.45) is 0 Å². The first-order valence-electron chi connectivity index (χ1n) is 7.18. The minimum atomic E-state index is -3.92. The lowest BCUT2D eigenvalue weighted by Crippen LogP contribution is -2.24. The molecule has 3 rings (SSSR count). The summed E-state index contributed by atoms with van der Waals surface area (Å²) in [5.41, 5.74) is 0.454. The van der Waals surface area contributed by atoms with Crippen molar-refractivity contribution in [3.63, 3.8) is 0 Å². The Hall–Kier alpha value is -2.26. The van der Waals surface area contributed by atoms with E-state index in [0.717, 1.165) is 11.6 Å². The summed E-state index contributed by atoms with van der Waals surface area (Å²) in [7, 11) is -3.92. The molecule has 0 fully saturated rings. The van der Waals surface area contributed by atoms with Crippen molar-refractivity contribution in [3.05, 3.63) is 51.9 Å². The Balaban J connectivity index is 1.70. The number of alkyl halides is 1. The van der Waals surface area contributed by atoms with Crippen molar-refractivity contribution < 1.29 is 21.7 Å². The molecule has 1 aliphatic heterocycles. The Labute approximate surface area is 137 Å². The van der Waals surface area contributed by atoms with Crippen LogP contribution in [-0.2, 0) is 27.5 Å². The van der Waals surface area contributed by atoms with Crippen LogP contribution in [0.3, 0.4) is 0 Å². The summed E-state index contributed by atoms with van der Waals surface area (Å²) in [6.45, 7) is 0.895. The second-order valence-corrected chi connectivity index (χ2v) is 7.02. The third-order valence-corrected chi connectivity index (χ3v) is 4.88. The summed E-state index contributed by atoms with van der Waals surface area (Å²) >= 11 is 0. The van der Waals surface area contributed by atoms with Crippen molar-refractivity contribution in [3.8, 4) is 6.01 Å². The molecule has 1 unspecified atom stereocenters. The van der Waals surface area contributed by atoms with Gasteiger partial charge in [-0.3, -0.25) is 13.5 Å². The highest BCUT2D eigenvalue weighted by Gasteiger charge is 2.28. The number of halogens is 1. The van der Waals surface area contributed by atoms with E-state index in [2.05, 4.69) is 4.98 Å². The lowest BCUT2D eigenvalue weighted by Gasteiger charge is -2.10. The fourth-order valence-corrected chi connectivity index (χ4v) is 3.28. The van der Waals surface area contributed by atoms with E-state index in [0.29, 0.717) is 0 Å². The molecular formula is C15H15FN2O5S. The molecule has 7 nitrogen and oxygen atoms in total. The maximum atomic E-state index is 12.9. The van der Waals surface area contributed by atoms with Gasteiger partial charge in [-0.25, -0.2) is 4.39 Å². The van der Waals surface area contributed by atoms with E-state index in [1.165, 1.54) is 16.7 Å². The third-order valence-electron chi connectivity index (χ3n) is 3.59. The van der Waals surface area contributed by atoms with Crippen molar-refractivity contribution in [2.45, 2.75) is 31.1 Å². The predicted molar refractivity (Wildman–Crippen MR) is 82.0 cm³/mol. The largest absolute Gasteiger partial charge is 0.457 e. The molecule has 2 heterocycles. The van der Waals surface area contributed by atoms with Gasteiger partial charge in [-0.2, -0.15) is 13.4 Å². The van der Waals surface area contributed by atoms with Gasteiger partial charge < -0.3 is 4.74 Å². The number of aryl methyl sites for hydroxylation is 1. The highest BCUT2D eigenvalue weighted by molar-refractivity contribution is 7.86. The molecule has 0 saturated heterocycles. The van der Waals surface area contributed by atoms with Crippen LogP contribution in [0.15, 0.2) is 40.0 Å². The molecular weight excluding hydrogens is 339 g/mol. The molecule has 0 saturated carbocycles. The van der Waals surface area contributed by atoms with Crippen LogP contribution in [0.25, 0.3) is 0 Å². The molecule has 1 aromatic heterocycles. The number of benzene rings is 1. The van der Waals surface area contributed by atoms with E-state index < -0.39 is 28.5 Å². The van der Waals surface area contributed by atoms with Gasteiger partial charge in [0, 0.05) is 6.07 Å². The van der Waals surface area contributed by atoms with E-state index in [4.69, 9.17) is 8.92 Å². The van der Waals surface area contributed by atoms with Crippen LogP contribution in [0.5, 0.6) is 6.01 Å². The number of hydrogen-bond acceptors (Lipinski definition) is 6. The van der Waals surface area contributed by atoms with Crippen LogP contribution in [0.4, 0.5) is 4.39 Å². The second-order valence-electron chi connectivity index (χ2n) is 5.40. The Bertz CT molecular complexity index is 908. The number of fused-ring (bicyclic) bond motifs is 1. The number of rotatable bonds is 5. The predicted octanol–water partition coefficient (Wildman–Crippen LogP) is 1.19. The third kappa shape index (κ3) is 3.31. The van der Waals surface area contributed by atoms with Gasteiger partial charge in [-0.15, -0.1) is 0 Å². The van der Waals surface area contributed by atoms with E-state index in [1.54, 1.807) is 12.1 Å². The van der Waals surface area contributed by atoms with E-state index >= 15 is 0 Å². The van der Waals surface area contributed by atoms with E-state index in [-0.39, 0.29) is 29.8 Å². The molecule has 1 atom stereocenters. The number of aromatic nitrogens is 2. The van der Waals surface area contributed by atoms with Crippen molar-refractivity contribution >= 4 is 10.1 Å². The molecule has 2 aromatic rings. The minimum Gasteiger partial charge on any atom is -0.457 e.